The zero-order valence-corrected chi connectivity index (χ0v) is 20.0. The molecule has 1 unspecified atom stereocenters. The third-order valence-electron chi connectivity index (χ3n) is 4.86. The Hall–Kier alpha value is -2.86. The molecule has 0 fully saturated rings. The Kier molecular flexibility index (Phi) is 12.0. The summed E-state index contributed by atoms with van der Waals surface area (Å²) in [6.45, 7) is 12.6. The highest BCUT2D eigenvalue weighted by molar-refractivity contribution is 5.89. The van der Waals surface area contributed by atoms with Crippen LogP contribution in [0.25, 0.3) is 0 Å². The predicted octanol–water partition coefficient (Wildman–Crippen LogP) is 7.86. The molecule has 1 aromatic rings. The van der Waals surface area contributed by atoms with E-state index in [0.717, 1.165) is 25.7 Å². The summed E-state index contributed by atoms with van der Waals surface area (Å²) in [6, 6.07) is 8.63. The molecule has 0 saturated carbocycles. The molecule has 0 bridgehead atoms. The maximum absolute atomic E-state index is 12.7. The second kappa shape index (κ2) is 14.2. The molecule has 0 heterocycles. The van der Waals surface area contributed by atoms with Gasteiger partial charge >= 0.3 is 5.97 Å². The first kappa shape index (κ1) is 26.2. The molecule has 0 aromatic heterocycles. The van der Waals surface area contributed by atoms with Gasteiger partial charge in [0.05, 0.1) is 17.2 Å². The van der Waals surface area contributed by atoms with Gasteiger partial charge < -0.3 is 4.74 Å². The van der Waals surface area contributed by atoms with E-state index >= 15 is 0 Å². The number of allylic oxidation sites excluding steroid dienone is 6. The Morgan fingerprint density at radius 1 is 0.903 bits per heavy atom. The number of hydrogen-bond acceptors (Lipinski definition) is 3. The second-order valence-electron chi connectivity index (χ2n) is 8.57. The molecule has 166 valence electrons. The maximum Gasteiger partial charge on any atom is 0.338 e. The van der Waals surface area contributed by atoms with Crippen LogP contribution < -0.4 is 0 Å². The number of carbonyl (C=O) groups excluding carboxylic acids is 1. The van der Waals surface area contributed by atoms with E-state index in [1.807, 2.05) is 0 Å². The zero-order chi connectivity index (χ0) is 23.2. The highest BCUT2D eigenvalue weighted by atomic mass is 16.5. The summed E-state index contributed by atoms with van der Waals surface area (Å²) in [6.07, 6.45) is 13.0. The molecule has 0 amide bonds. The summed E-state index contributed by atoms with van der Waals surface area (Å²) in [7, 11) is 0. The van der Waals surface area contributed by atoms with Gasteiger partial charge in [0.25, 0.3) is 0 Å². The fourth-order valence-corrected chi connectivity index (χ4v) is 3.03. The van der Waals surface area contributed by atoms with Crippen LogP contribution in [0, 0.1) is 11.3 Å². The molecular formula is C28H37NO2. The average molecular weight is 420 g/mol. The summed E-state index contributed by atoms with van der Waals surface area (Å²) in [5, 5.41) is 8.94. The molecule has 0 aliphatic heterocycles. The minimum absolute atomic E-state index is 0.312. The smallest absolute Gasteiger partial charge is 0.338 e. The van der Waals surface area contributed by atoms with Crippen LogP contribution in [0.2, 0.25) is 0 Å². The Balaban J connectivity index is 2.89. The number of nitriles is 1. The minimum atomic E-state index is -0.363. The van der Waals surface area contributed by atoms with E-state index < -0.39 is 0 Å². The summed E-state index contributed by atoms with van der Waals surface area (Å²) in [5.41, 5.74) is 6.14. The van der Waals surface area contributed by atoms with E-state index in [-0.39, 0.29) is 12.1 Å². The molecule has 0 aliphatic rings. The summed E-state index contributed by atoms with van der Waals surface area (Å²) >= 11 is 0. The van der Waals surface area contributed by atoms with E-state index in [1.54, 1.807) is 24.3 Å². The van der Waals surface area contributed by atoms with E-state index in [0.29, 0.717) is 17.5 Å². The van der Waals surface area contributed by atoms with Gasteiger partial charge in [-0.1, -0.05) is 40.5 Å². The van der Waals surface area contributed by atoms with Crippen molar-refractivity contribution in [1.29, 1.82) is 5.26 Å². The third-order valence-corrected chi connectivity index (χ3v) is 4.86. The zero-order valence-electron chi connectivity index (χ0n) is 20.0. The number of nitrogens with zero attached hydrogens (tertiary/aromatic N) is 1. The first-order valence-corrected chi connectivity index (χ1v) is 11.0. The quantitative estimate of drug-likeness (QED) is 0.271. The second-order valence-corrected chi connectivity index (χ2v) is 8.57. The maximum atomic E-state index is 12.7. The molecular weight excluding hydrogens is 382 g/mol. The highest BCUT2D eigenvalue weighted by Crippen LogP contribution is 2.16. The van der Waals surface area contributed by atoms with Gasteiger partial charge in [-0.2, -0.15) is 5.26 Å². The van der Waals surface area contributed by atoms with Crippen LogP contribution in [0.15, 0.2) is 70.9 Å². The fraction of sp³-hybridized carbons (Fsp3) is 0.429. The van der Waals surface area contributed by atoms with Crippen molar-refractivity contribution in [2.75, 3.05) is 0 Å². The van der Waals surface area contributed by atoms with Crippen LogP contribution >= 0.6 is 0 Å². The standard InChI is InChI=1S/C28H37NO2/c1-21(2)9-7-11-23(5)13-18-27(19-24(6)12-8-10-22(3)4)31-28(30)26-16-14-25(20-29)15-17-26/h9-10,13-17,19,27H,7-8,11-12,18H2,1-6H3. The van der Waals surface area contributed by atoms with Crippen LogP contribution in [-0.4, -0.2) is 12.1 Å². The van der Waals surface area contributed by atoms with Crippen molar-refractivity contribution in [3.63, 3.8) is 0 Å². The van der Waals surface area contributed by atoms with Crippen LogP contribution in [0.1, 0.15) is 89.6 Å². The number of esters is 1. The molecule has 3 heteroatoms. The van der Waals surface area contributed by atoms with Crippen molar-refractivity contribution < 1.29 is 9.53 Å². The number of carbonyl (C=O) groups is 1. The van der Waals surface area contributed by atoms with Crippen molar-refractivity contribution >= 4 is 5.97 Å². The number of ether oxygens (including phenoxy) is 1. The van der Waals surface area contributed by atoms with E-state index in [4.69, 9.17) is 10.00 Å². The first-order chi connectivity index (χ1) is 14.7. The monoisotopic (exact) mass is 419 g/mol. The lowest BCUT2D eigenvalue weighted by Crippen LogP contribution is -2.16. The molecule has 0 saturated heterocycles. The molecule has 31 heavy (non-hydrogen) atoms. The van der Waals surface area contributed by atoms with Crippen molar-refractivity contribution in [2.45, 2.75) is 79.8 Å². The van der Waals surface area contributed by atoms with Crippen LogP contribution in [-0.2, 0) is 4.74 Å². The minimum Gasteiger partial charge on any atom is -0.454 e. The lowest BCUT2D eigenvalue weighted by molar-refractivity contribution is 0.0398. The molecule has 1 rings (SSSR count). The first-order valence-electron chi connectivity index (χ1n) is 11.0. The lowest BCUT2D eigenvalue weighted by Gasteiger charge is -2.15. The van der Waals surface area contributed by atoms with Crippen LogP contribution in [0.4, 0.5) is 0 Å². The molecule has 0 aliphatic carbocycles. The van der Waals surface area contributed by atoms with Gasteiger partial charge in [-0.05, 0) is 97.6 Å². The van der Waals surface area contributed by atoms with Gasteiger partial charge in [0, 0.05) is 6.42 Å². The lowest BCUT2D eigenvalue weighted by atomic mass is 10.0. The van der Waals surface area contributed by atoms with Crippen molar-refractivity contribution in [3.8, 4) is 6.07 Å². The molecule has 0 spiro atoms. The van der Waals surface area contributed by atoms with Gasteiger partial charge in [-0.25, -0.2) is 4.79 Å². The van der Waals surface area contributed by atoms with Gasteiger partial charge in [0.1, 0.15) is 6.10 Å². The van der Waals surface area contributed by atoms with Gasteiger partial charge in [-0.15, -0.1) is 0 Å². The summed E-state index contributed by atoms with van der Waals surface area (Å²) < 4.78 is 5.83. The molecule has 1 aromatic carbocycles. The molecule has 0 N–H and O–H groups in total. The largest absolute Gasteiger partial charge is 0.454 e. The topological polar surface area (TPSA) is 50.1 Å². The van der Waals surface area contributed by atoms with Crippen molar-refractivity contribution in [3.05, 3.63) is 82.0 Å². The Labute approximate surface area is 188 Å². The number of hydrogen-bond donors (Lipinski definition) is 0. The Morgan fingerprint density at radius 3 is 1.97 bits per heavy atom. The van der Waals surface area contributed by atoms with Crippen molar-refractivity contribution in [2.24, 2.45) is 0 Å². The van der Waals surface area contributed by atoms with Gasteiger partial charge in [0.2, 0.25) is 0 Å². The number of rotatable bonds is 11. The highest BCUT2D eigenvalue weighted by Gasteiger charge is 2.14. The van der Waals surface area contributed by atoms with Crippen LogP contribution in [0.5, 0.6) is 0 Å². The molecule has 3 nitrogen and oxygen atoms in total. The van der Waals surface area contributed by atoms with Gasteiger partial charge in [0.15, 0.2) is 0 Å². The van der Waals surface area contributed by atoms with Crippen molar-refractivity contribution in [1.82, 2.24) is 0 Å². The van der Waals surface area contributed by atoms with Crippen LogP contribution in [0.3, 0.4) is 0 Å². The van der Waals surface area contributed by atoms with E-state index in [9.17, 15) is 4.79 Å². The molecule has 1 atom stereocenters. The van der Waals surface area contributed by atoms with Gasteiger partial charge in [-0.3, -0.25) is 0 Å². The predicted molar refractivity (Wildman–Crippen MR) is 130 cm³/mol. The van der Waals surface area contributed by atoms with E-state index in [1.165, 1.54) is 22.3 Å². The summed E-state index contributed by atoms with van der Waals surface area (Å²) in [5.74, 6) is -0.363. The Bertz CT molecular complexity index is 869. The van der Waals surface area contributed by atoms with E-state index in [2.05, 4.69) is 71.9 Å². The fourth-order valence-electron chi connectivity index (χ4n) is 3.03. The SMILES string of the molecule is CC(C)=CCCC(C)=CCC(C=C(C)CCC=C(C)C)OC(=O)c1ccc(C#N)cc1. The Morgan fingerprint density at radius 2 is 1.45 bits per heavy atom. The normalized spacial score (nSPS) is 12.5. The average Bonchev–Trinajstić information content (AvgIpc) is 2.71. The number of benzene rings is 1. The third kappa shape index (κ3) is 11.8. The molecule has 0 radical (unpaired) electrons. The summed E-state index contributed by atoms with van der Waals surface area (Å²) in [4.78, 5) is 12.7.